The third kappa shape index (κ3) is 4.43. The van der Waals surface area contributed by atoms with Crippen molar-refractivity contribution in [1.29, 1.82) is 0 Å². The normalized spacial score (nSPS) is 16.6. The number of anilines is 2. The molecule has 3 N–H and O–H groups in total. The maximum Gasteiger partial charge on any atom is 0.258 e. The van der Waals surface area contributed by atoms with Gasteiger partial charge in [-0.3, -0.25) is 9.78 Å². The van der Waals surface area contributed by atoms with Crippen molar-refractivity contribution >= 4 is 23.2 Å². The highest BCUT2D eigenvalue weighted by Gasteiger charge is 2.28. The van der Waals surface area contributed by atoms with Crippen LogP contribution in [0.4, 0.5) is 11.6 Å². The molecule has 3 heterocycles. The van der Waals surface area contributed by atoms with Gasteiger partial charge in [-0.15, -0.1) is 0 Å². The van der Waals surface area contributed by atoms with Crippen LogP contribution >= 0.6 is 0 Å². The molecule has 5 rings (SSSR count). The van der Waals surface area contributed by atoms with E-state index in [4.69, 9.17) is 10.1 Å². The summed E-state index contributed by atoms with van der Waals surface area (Å²) in [7, 11) is 1.00. The molecule has 0 spiro atoms. The second-order valence-electron chi connectivity index (χ2n) is 7.81. The van der Waals surface area contributed by atoms with Gasteiger partial charge in [0.1, 0.15) is 11.6 Å². The quantitative estimate of drug-likeness (QED) is 0.596. The van der Waals surface area contributed by atoms with E-state index in [0.29, 0.717) is 23.3 Å². The molecular formula is C22H28N6O2. The number of pyridine rings is 1. The van der Waals surface area contributed by atoms with Crippen LogP contribution < -0.4 is 10.6 Å². The zero-order valence-electron chi connectivity index (χ0n) is 17.2. The Balaban J connectivity index is 0.00000106. The highest BCUT2D eigenvalue weighted by Crippen LogP contribution is 2.42. The Morgan fingerprint density at radius 1 is 1.13 bits per heavy atom. The molecule has 158 valence electrons. The molecule has 0 aromatic carbocycles. The summed E-state index contributed by atoms with van der Waals surface area (Å²) >= 11 is 0. The Labute approximate surface area is 175 Å². The minimum absolute atomic E-state index is 0.201. The fourth-order valence-electron chi connectivity index (χ4n) is 3.97. The molecule has 0 radical (unpaired) electrons. The van der Waals surface area contributed by atoms with Crippen molar-refractivity contribution in [2.75, 3.05) is 17.7 Å². The first-order chi connectivity index (χ1) is 14.8. The minimum atomic E-state index is -0.201. The highest BCUT2D eigenvalue weighted by molar-refractivity contribution is 6.03. The van der Waals surface area contributed by atoms with Gasteiger partial charge < -0.3 is 15.7 Å². The van der Waals surface area contributed by atoms with Crippen LogP contribution in [0.2, 0.25) is 0 Å². The van der Waals surface area contributed by atoms with Crippen molar-refractivity contribution < 1.29 is 9.90 Å². The predicted molar refractivity (Wildman–Crippen MR) is 116 cm³/mol. The second kappa shape index (κ2) is 9.21. The molecule has 2 saturated carbocycles. The van der Waals surface area contributed by atoms with E-state index in [0.717, 1.165) is 18.6 Å². The Hall–Kier alpha value is -3.00. The van der Waals surface area contributed by atoms with Crippen LogP contribution in [-0.4, -0.2) is 43.7 Å². The summed E-state index contributed by atoms with van der Waals surface area (Å²) in [6.45, 7) is 0. The van der Waals surface area contributed by atoms with Gasteiger partial charge in [0.05, 0.1) is 11.8 Å². The number of nitrogens with zero attached hydrogens (tertiary/aromatic N) is 4. The number of aliphatic hydroxyl groups excluding tert-OH is 1. The van der Waals surface area contributed by atoms with Gasteiger partial charge in [0.25, 0.3) is 5.91 Å². The molecule has 0 saturated heterocycles. The molecular weight excluding hydrogens is 380 g/mol. The first-order valence-corrected chi connectivity index (χ1v) is 10.6. The number of nitrogens with one attached hydrogen (secondary N) is 2. The van der Waals surface area contributed by atoms with Crippen LogP contribution in [-0.2, 0) is 0 Å². The van der Waals surface area contributed by atoms with Crippen molar-refractivity contribution in [1.82, 2.24) is 19.6 Å². The lowest BCUT2D eigenvalue weighted by Crippen LogP contribution is -2.23. The maximum absolute atomic E-state index is 12.7. The predicted octanol–water partition coefficient (Wildman–Crippen LogP) is 3.61. The number of aliphatic hydroxyl groups is 1. The SMILES string of the molecule is CO.O=C(Nc1cc(NC2CCCCC2)nc2c(C3CC3)cnn12)c1cccnc1. The lowest BCUT2D eigenvalue weighted by molar-refractivity contribution is 0.102. The molecule has 2 fully saturated rings. The average molecular weight is 409 g/mol. The van der Waals surface area contributed by atoms with E-state index in [2.05, 4.69) is 20.7 Å². The monoisotopic (exact) mass is 408 g/mol. The maximum atomic E-state index is 12.7. The average Bonchev–Trinajstić information content (AvgIpc) is 3.55. The number of hydrogen-bond acceptors (Lipinski definition) is 6. The van der Waals surface area contributed by atoms with Gasteiger partial charge in [0, 0.05) is 37.2 Å². The third-order valence-electron chi connectivity index (χ3n) is 5.64. The smallest absolute Gasteiger partial charge is 0.258 e. The largest absolute Gasteiger partial charge is 0.400 e. The molecule has 3 aromatic heterocycles. The topological polar surface area (TPSA) is 104 Å². The Kier molecular flexibility index (Phi) is 6.23. The molecule has 30 heavy (non-hydrogen) atoms. The number of carbonyl (C=O) groups excluding carboxylic acids is 1. The van der Waals surface area contributed by atoms with E-state index in [1.807, 2.05) is 12.3 Å². The second-order valence-corrected chi connectivity index (χ2v) is 7.81. The Morgan fingerprint density at radius 3 is 2.63 bits per heavy atom. The summed E-state index contributed by atoms with van der Waals surface area (Å²) in [5.41, 5.74) is 2.53. The van der Waals surface area contributed by atoms with Gasteiger partial charge in [-0.25, -0.2) is 4.98 Å². The molecule has 0 unspecified atom stereocenters. The van der Waals surface area contributed by atoms with Crippen molar-refractivity contribution in [2.45, 2.75) is 56.9 Å². The molecule has 2 aliphatic rings. The molecule has 1 amide bonds. The molecule has 0 bridgehead atoms. The van der Waals surface area contributed by atoms with E-state index in [1.165, 1.54) is 50.5 Å². The summed E-state index contributed by atoms with van der Waals surface area (Å²) in [5.74, 6) is 1.77. The van der Waals surface area contributed by atoms with Crippen molar-refractivity contribution in [2.24, 2.45) is 0 Å². The van der Waals surface area contributed by atoms with Gasteiger partial charge >= 0.3 is 0 Å². The van der Waals surface area contributed by atoms with E-state index in [9.17, 15) is 4.79 Å². The number of rotatable bonds is 5. The van der Waals surface area contributed by atoms with Gasteiger partial charge in [-0.05, 0) is 43.7 Å². The fraction of sp³-hybridized carbons (Fsp3) is 0.455. The molecule has 8 nitrogen and oxygen atoms in total. The van der Waals surface area contributed by atoms with E-state index >= 15 is 0 Å². The molecule has 0 atom stereocenters. The highest BCUT2D eigenvalue weighted by atomic mass is 16.2. The lowest BCUT2D eigenvalue weighted by Gasteiger charge is -2.23. The van der Waals surface area contributed by atoms with Gasteiger partial charge in [0.2, 0.25) is 0 Å². The Bertz CT molecular complexity index is 994. The summed E-state index contributed by atoms with van der Waals surface area (Å²) in [4.78, 5) is 21.6. The first kappa shape index (κ1) is 20.3. The van der Waals surface area contributed by atoms with Crippen LogP contribution in [0.5, 0.6) is 0 Å². The summed E-state index contributed by atoms with van der Waals surface area (Å²) < 4.78 is 1.74. The van der Waals surface area contributed by atoms with Crippen LogP contribution in [0.3, 0.4) is 0 Å². The molecule has 2 aliphatic carbocycles. The summed E-state index contributed by atoms with van der Waals surface area (Å²) in [6.07, 6.45) is 13.6. The number of hydrogen-bond donors (Lipinski definition) is 3. The van der Waals surface area contributed by atoms with Gasteiger partial charge in [0.15, 0.2) is 5.65 Å². The van der Waals surface area contributed by atoms with Crippen LogP contribution in [0.1, 0.15) is 66.8 Å². The van der Waals surface area contributed by atoms with Crippen molar-refractivity contribution in [3.63, 3.8) is 0 Å². The van der Waals surface area contributed by atoms with E-state index in [1.54, 1.807) is 29.0 Å². The first-order valence-electron chi connectivity index (χ1n) is 10.6. The zero-order chi connectivity index (χ0) is 20.9. The number of carbonyl (C=O) groups is 1. The van der Waals surface area contributed by atoms with Crippen molar-refractivity contribution in [3.8, 4) is 0 Å². The van der Waals surface area contributed by atoms with Crippen molar-refractivity contribution in [3.05, 3.63) is 47.9 Å². The molecule has 3 aromatic rings. The standard InChI is InChI=1S/C21H24N6O.CH4O/c28-21(15-5-4-10-22-12-15)26-19-11-18(24-16-6-2-1-3-7-16)25-20-17(14-8-9-14)13-23-27(19)20;1-2/h4-5,10-14,16H,1-3,6-9H2,(H,24,25)(H,26,28);2H,1H3. The van der Waals surface area contributed by atoms with E-state index < -0.39 is 0 Å². The van der Waals surface area contributed by atoms with Gasteiger partial charge in [-0.2, -0.15) is 9.61 Å². The fourth-order valence-corrected chi connectivity index (χ4v) is 3.97. The summed E-state index contributed by atoms with van der Waals surface area (Å²) in [6, 6.07) is 5.84. The zero-order valence-corrected chi connectivity index (χ0v) is 17.2. The van der Waals surface area contributed by atoms with Crippen LogP contribution in [0.25, 0.3) is 5.65 Å². The Morgan fingerprint density at radius 2 is 1.93 bits per heavy atom. The summed E-state index contributed by atoms with van der Waals surface area (Å²) in [5, 5.41) is 18.1. The van der Waals surface area contributed by atoms with E-state index in [-0.39, 0.29) is 5.91 Å². The molecule has 0 aliphatic heterocycles. The van der Waals surface area contributed by atoms with Crippen LogP contribution in [0, 0.1) is 0 Å². The van der Waals surface area contributed by atoms with Crippen LogP contribution in [0.15, 0.2) is 36.8 Å². The minimum Gasteiger partial charge on any atom is -0.400 e. The molecule has 8 heteroatoms. The number of aromatic nitrogens is 4. The number of amides is 1. The third-order valence-corrected chi connectivity index (χ3v) is 5.64. The number of fused-ring (bicyclic) bond motifs is 1. The van der Waals surface area contributed by atoms with Gasteiger partial charge in [-0.1, -0.05) is 19.3 Å². The lowest BCUT2D eigenvalue weighted by atomic mass is 9.95.